The molecule has 0 aromatic carbocycles. The first kappa shape index (κ1) is 14.7. The van der Waals surface area contributed by atoms with Crippen LogP contribution in [0.3, 0.4) is 0 Å². The average Bonchev–Trinajstić information content (AvgIpc) is 2.19. The minimum Gasteiger partial charge on any atom is -0.393 e. The van der Waals surface area contributed by atoms with Gasteiger partial charge < -0.3 is 14.6 Å². The fraction of sp³-hybridized carbons (Fsp3) is 1.00. The molecule has 1 unspecified atom stereocenters. The maximum Gasteiger partial charge on any atom is 0.393 e. The molecule has 1 rings (SSSR count). The Morgan fingerprint density at radius 2 is 1.82 bits per heavy atom. The molecular weight excluding hydrogens is 237 g/mol. The lowest BCUT2D eigenvalue weighted by atomic mass is 9.95. The van der Waals surface area contributed by atoms with Crippen molar-refractivity contribution in [3.8, 4) is 0 Å². The molecule has 6 heteroatoms. The van der Waals surface area contributed by atoms with E-state index in [1.165, 1.54) is 0 Å². The zero-order valence-electron chi connectivity index (χ0n) is 9.87. The summed E-state index contributed by atoms with van der Waals surface area (Å²) in [5.74, 6) is 0. The highest BCUT2D eigenvalue weighted by Crippen LogP contribution is 2.27. The molecule has 102 valence electrons. The molecule has 0 bridgehead atoms. The summed E-state index contributed by atoms with van der Waals surface area (Å²) in [6.07, 6.45) is -4.84. The van der Waals surface area contributed by atoms with Crippen LogP contribution in [0.2, 0.25) is 0 Å². The lowest BCUT2D eigenvalue weighted by molar-refractivity contribution is -0.237. The molecule has 1 N–H and O–H groups in total. The molecule has 1 saturated carbocycles. The van der Waals surface area contributed by atoms with E-state index < -0.39 is 18.9 Å². The largest absolute Gasteiger partial charge is 0.393 e. The highest BCUT2D eigenvalue weighted by atomic mass is 19.4. The molecule has 0 aromatic rings. The van der Waals surface area contributed by atoms with Gasteiger partial charge in [-0.2, -0.15) is 13.2 Å². The van der Waals surface area contributed by atoms with Crippen LogP contribution in [-0.2, 0) is 9.47 Å². The smallest absolute Gasteiger partial charge is 0.393 e. The number of rotatable bonds is 5. The van der Waals surface area contributed by atoms with E-state index in [4.69, 9.17) is 9.47 Å². The molecule has 0 radical (unpaired) electrons. The Morgan fingerprint density at radius 3 is 2.29 bits per heavy atom. The number of hydrogen-bond acceptors (Lipinski definition) is 3. The number of hydrogen-bond donors (Lipinski definition) is 1. The van der Waals surface area contributed by atoms with Crippen molar-refractivity contribution in [3.63, 3.8) is 0 Å². The van der Waals surface area contributed by atoms with Gasteiger partial charge in [0, 0.05) is 6.61 Å². The van der Waals surface area contributed by atoms with Crippen molar-refractivity contribution >= 4 is 0 Å². The van der Waals surface area contributed by atoms with Gasteiger partial charge >= 0.3 is 6.18 Å². The molecule has 17 heavy (non-hydrogen) atoms. The van der Waals surface area contributed by atoms with Crippen LogP contribution in [-0.4, -0.2) is 36.4 Å². The fourth-order valence-corrected chi connectivity index (χ4v) is 1.92. The zero-order chi connectivity index (χ0) is 12.9. The van der Waals surface area contributed by atoms with Crippen LogP contribution in [0.1, 0.15) is 39.0 Å². The predicted molar refractivity (Wildman–Crippen MR) is 55.4 cm³/mol. The molecule has 1 aliphatic rings. The Kier molecular flexibility index (Phi) is 5.69. The Morgan fingerprint density at radius 1 is 1.24 bits per heavy atom. The average molecular weight is 256 g/mol. The number of ether oxygens (including phenoxy) is 2. The first-order valence-electron chi connectivity index (χ1n) is 5.92. The van der Waals surface area contributed by atoms with E-state index in [-0.39, 0.29) is 18.8 Å². The minimum atomic E-state index is -4.28. The van der Waals surface area contributed by atoms with Crippen LogP contribution in [0.15, 0.2) is 0 Å². The summed E-state index contributed by atoms with van der Waals surface area (Å²) >= 11 is 0. The Bertz CT molecular complexity index is 212. The van der Waals surface area contributed by atoms with Crippen LogP contribution in [0, 0.1) is 0 Å². The lowest BCUT2D eigenvalue weighted by Gasteiger charge is -2.29. The quantitative estimate of drug-likeness (QED) is 0.768. The van der Waals surface area contributed by atoms with Crippen LogP contribution < -0.4 is 0 Å². The molecule has 0 aromatic heterocycles. The molecule has 0 heterocycles. The monoisotopic (exact) mass is 256 g/mol. The second-order valence-electron chi connectivity index (χ2n) is 4.27. The van der Waals surface area contributed by atoms with E-state index >= 15 is 0 Å². The third-order valence-electron chi connectivity index (χ3n) is 2.74. The number of halogens is 3. The van der Waals surface area contributed by atoms with Gasteiger partial charge in [0.15, 0.2) is 6.29 Å². The van der Waals surface area contributed by atoms with Crippen LogP contribution in [0.25, 0.3) is 0 Å². The van der Waals surface area contributed by atoms with E-state index in [9.17, 15) is 18.3 Å². The molecule has 1 atom stereocenters. The van der Waals surface area contributed by atoms with Gasteiger partial charge in [0.2, 0.25) is 0 Å². The van der Waals surface area contributed by atoms with Gasteiger partial charge in [0.05, 0.1) is 18.6 Å². The molecule has 0 spiro atoms. The second kappa shape index (κ2) is 6.56. The number of aliphatic hydroxyl groups excluding tert-OH is 1. The van der Waals surface area contributed by atoms with E-state index in [0.717, 1.165) is 0 Å². The third-order valence-corrected chi connectivity index (χ3v) is 2.74. The topological polar surface area (TPSA) is 38.7 Å². The molecule has 3 nitrogen and oxygen atoms in total. The van der Waals surface area contributed by atoms with Crippen molar-refractivity contribution in [2.24, 2.45) is 0 Å². The first-order chi connectivity index (χ1) is 7.90. The van der Waals surface area contributed by atoms with Gasteiger partial charge in [0.25, 0.3) is 0 Å². The van der Waals surface area contributed by atoms with Crippen LogP contribution in [0.5, 0.6) is 0 Å². The summed E-state index contributed by atoms with van der Waals surface area (Å²) in [5.41, 5.74) is 0. The summed E-state index contributed by atoms with van der Waals surface area (Å²) in [6, 6.07) is 0. The first-order valence-corrected chi connectivity index (χ1v) is 5.92. The van der Waals surface area contributed by atoms with Crippen molar-refractivity contribution in [1.82, 2.24) is 0 Å². The maximum absolute atomic E-state index is 12.2. The molecule has 0 amide bonds. The summed E-state index contributed by atoms with van der Waals surface area (Å²) in [6.45, 7) is 1.83. The van der Waals surface area contributed by atoms with Crippen molar-refractivity contribution in [2.45, 2.75) is 63.7 Å². The van der Waals surface area contributed by atoms with Gasteiger partial charge in [-0.15, -0.1) is 0 Å². The molecule has 0 aliphatic heterocycles. The van der Waals surface area contributed by atoms with Crippen molar-refractivity contribution in [1.29, 1.82) is 0 Å². The predicted octanol–water partition coefficient (Wildman–Crippen LogP) is 2.62. The lowest BCUT2D eigenvalue weighted by Crippen LogP contribution is -2.32. The molecular formula is C11H19F3O3. The Labute approximate surface area is 98.9 Å². The van der Waals surface area contributed by atoms with E-state index in [0.29, 0.717) is 25.7 Å². The summed E-state index contributed by atoms with van der Waals surface area (Å²) in [5, 5.41) is 9.28. The second-order valence-corrected chi connectivity index (χ2v) is 4.27. The van der Waals surface area contributed by atoms with E-state index in [1.807, 2.05) is 0 Å². The van der Waals surface area contributed by atoms with Crippen LogP contribution in [0.4, 0.5) is 13.2 Å². The summed E-state index contributed by atoms with van der Waals surface area (Å²) in [4.78, 5) is 0. The Balaban J connectivity index is 2.38. The zero-order valence-corrected chi connectivity index (χ0v) is 9.87. The van der Waals surface area contributed by atoms with Gasteiger partial charge in [-0.3, -0.25) is 0 Å². The summed E-state index contributed by atoms with van der Waals surface area (Å²) in [7, 11) is 0. The normalized spacial score (nSPS) is 28.1. The standard InChI is InChI=1S/C11H19F3O3/c1-2-16-10(7-11(12,13)14)17-9-5-3-8(15)4-6-9/h8-10,15H,2-7H2,1H3. The molecule has 0 saturated heterocycles. The van der Waals surface area contributed by atoms with Crippen molar-refractivity contribution in [3.05, 3.63) is 0 Å². The molecule has 1 fully saturated rings. The fourth-order valence-electron chi connectivity index (χ4n) is 1.92. The van der Waals surface area contributed by atoms with Crippen molar-refractivity contribution in [2.75, 3.05) is 6.61 Å². The van der Waals surface area contributed by atoms with E-state index in [2.05, 4.69) is 0 Å². The van der Waals surface area contributed by atoms with Crippen LogP contribution >= 0.6 is 0 Å². The highest BCUT2D eigenvalue weighted by Gasteiger charge is 2.34. The van der Waals surface area contributed by atoms with E-state index in [1.54, 1.807) is 6.92 Å². The van der Waals surface area contributed by atoms with Gasteiger partial charge in [-0.05, 0) is 32.6 Å². The minimum absolute atomic E-state index is 0.191. The van der Waals surface area contributed by atoms with Gasteiger partial charge in [0.1, 0.15) is 0 Å². The Hall–Kier alpha value is -0.330. The third kappa shape index (κ3) is 6.24. The highest BCUT2D eigenvalue weighted by molar-refractivity contribution is 4.72. The maximum atomic E-state index is 12.2. The molecule has 1 aliphatic carbocycles. The number of aliphatic hydroxyl groups is 1. The van der Waals surface area contributed by atoms with Crippen molar-refractivity contribution < 1.29 is 27.8 Å². The summed E-state index contributed by atoms with van der Waals surface area (Å²) < 4.78 is 47.0. The van der Waals surface area contributed by atoms with Gasteiger partial charge in [-0.1, -0.05) is 0 Å². The van der Waals surface area contributed by atoms with Gasteiger partial charge in [-0.25, -0.2) is 0 Å². The number of alkyl halides is 3. The SMILES string of the molecule is CCOC(CC(F)(F)F)OC1CCC(O)CC1.